The second kappa shape index (κ2) is 4.67. The van der Waals surface area contributed by atoms with Gasteiger partial charge in [0.05, 0.1) is 5.92 Å². The third kappa shape index (κ3) is 1.74. The van der Waals surface area contributed by atoms with Gasteiger partial charge in [0.1, 0.15) is 6.10 Å². The number of carbonyl (C=O) groups excluding carboxylic acids is 2. The Bertz CT molecular complexity index is 327. The highest BCUT2D eigenvalue weighted by Gasteiger charge is 2.69. The van der Waals surface area contributed by atoms with Crippen LogP contribution in [0.15, 0.2) is 0 Å². The minimum atomic E-state index is -0.745. The van der Waals surface area contributed by atoms with Gasteiger partial charge in [-0.1, -0.05) is 34.6 Å². The number of hydrogen-bond donors (Lipinski definition) is 1. The fraction of sp³-hybridized carbons (Fsp3) is 0.846. The number of nitrogens with one attached hydrogen (secondary N) is 1. The van der Waals surface area contributed by atoms with Gasteiger partial charge in [0.15, 0.2) is 5.54 Å². The van der Waals surface area contributed by atoms with E-state index in [9.17, 15) is 9.59 Å². The van der Waals surface area contributed by atoms with Crippen LogP contribution in [0.4, 0.5) is 0 Å². The van der Waals surface area contributed by atoms with Gasteiger partial charge < -0.3 is 10.1 Å². The van der Waals surface area contributed by atoms with E-state index in [1.54, 1.807) is 6.92 Å². The zero-order valence-corrected chi connectivity index (χ0v) is 11.5. The Morgan fingerprint density at radius 1 is 1.24 bits per heavy atom. The molecule has 0 spiro atoms. The predicted octanol–water partition coefficient (Wildman–Crippen LogP) is 1.73. The molecule has 4 unspecified atom stereocenters. The highest BCUT2D eigenvalue weighted by atomic mass is 16.6. The van der Waals surface area contributed by atoms with Crippen molar-refractivity contribution in [2.24, 2.45) is 17.8 Å². The Morgan fingerprint density at radius 3 is 2.12 bits per heavy atom. The van der Waals surface area contributed by atoms with Crippen molar-refractivity contribution < 1.29 is 14.3 Å². The number of fused-ring (bicyclic) bond motifs is 1. The van der Waals surface area contributed by atoms with Crippen LogP contribution >= 0.6 is 0 Å². The van der Waals surface area contributed by atoms with E-state index in [1.165, 1.54) is 0 Å². The van der Waals surface area contributed by atoms with Crippen LogP contribution in [0.25, 0.3) is 0 Å². The molecule has 2 rings (SSSR count). The molecule has 2 aliphatic rings. The van der Waals surface area contributed by atoms with Gasteiger partial charge >= 0.3 is 5.97 Å². The van der Waals surface area contributed by atoms with Gasteiger partial charge in [-0.25, -0.2) is 4.79 Å². The highest BCUT2D eigenvalue weighted by molar-refractivity contribution is 5.99. The summed E-state index contributed by atoms with van der Waals surface area (Å²) in [5, 5.41) is 2.83. The van der Waals surface area contributed by atoms with Crippen molar-refractivity contribution in [3.8, 4) is 0 Å². The standard InChI is InChI=1S/C11H17NO3.C2H6/c1-5(2)7(4)11-8(15-10(11)14)6(3)9(13)12-11;1-2/h5-8H,1-4H3,(H,12,13);1-2H3. The van der Waals surface area contributed by atoms with Gasteiger partial charge in [-0.05, 0) is 18.8 Å². The van der Waals surface area contributed by atoms with Crippen LogP contribution in [-0.2, 0) is 14.3 Å². The number of hydrogen-bond acceptors (Lipinski definition) is 3. The molecule has 0 aliphatic carbocycles. The molecule has 1 amide bonds. The molecule has 4 heteroatoms. The van der Waals surface area contributed by atoms with Crippen molar-refractivity contribution in [1.29, 1.82) is 0 Å². The van der Waals surface area contributed by atoms with Crippen LogP contribution in [0.5, 0.6) is 0 Å². The number of amides is 1. The first-order valence-corrected chi connectivity index (χ1v) is 6.44. The first kappa shape index (κ1) is 14.0. The summed E-state index contributed by atoms with van der Waals surface area (Å²) in [4.78, 5) is 23.2. The molecule has 4 atom stereocenters. The molecule has 2 aliphatic heterocycles. The predicted molar refractivity (Wildman–Crippen MR) is 65.3 cm³/mol. The van der Waals surface area contributed by atoms with Crippen LogP contribution in [0.3, 0.4) is 0 Å². The Morgan fingerprint density at radius 2 is 1.76 bits per heavy atom. The van der Waals surface area contributed by atoms with E-state index < -0.39 is 5.54 Å². The molecule has 0 aromatic heterocycles. The quantitative estimate of drug-likeness (QED) is 0.749. The van der Waals surface area contributed by atoms with Gasteiger partial charge in [0.2, 0.25) is 5.91 Å². The number of carbonyl (C=O) groups is 2. The smallest absolute Gasteiger partial charge is 0.336 e. The largest absolute Gasteiger partial charge is 0.457 e. The minimum absolute atomic E-state index is 0.0710. The molecule has 2 heterocycles. The summed E-state index contributed by atoms with van der Waals surface area (Å²) >= 11 is 0. The van der Waals surface area contributed by atoms with E-state index in [2.05, 4.69) is 19.2 Å². The van der Waals surface area contributed by atoms with Crippen molar-refractivity contribution in [3.05, 3.63) is 0 Å². The van der Waals surface area contributed by atoms with E-state index in [4.69, 9.17) is 4.74 Å². The van der Waals surface area contributed by atoms with Gasteiger partial charge in [-0.2, -0.15) is 0 Å². The molecule has 2 saturated heterocycles. The van der Waals surface area contributed by atoms with Crippen molar-refractivity contribution >= 4 is 11.9 Å². The third-order valence-corrected chi connectivity index (χ3v) is 3.94. The molecular weight excluding hydrogens is 218 g/mol. The maximum atomic E-state index is 11.6. The highest BCUT2D eigenvalue weighted by Crippen LogP contribution is 2.45. The van der Waals surface area contributed by atoms with Crippen LogP contribution in [0.1, 0.15) is 41.5 Å². The summed E-state index contributed by atoms with van der Waals surface area (Å²) in [6.07, 6.45) is -0.269. The second-order valence-electron chi connectivity index (χ2n) is 5.01. The maximum Gasteiger partial charge on any atom is 0.336 e. The zero-order chi connectivity index (χ0) is 13.4. The van der Waals surface area contributed by atoms with E-state index in [0.717, 1.165) is 0 Å². The number of ether oxygens (including phenoxy) is 1. The van der Waals surface area contributed by atoms with Gasteiger partial charge in [-0.3, -0.25) is 4.79 Å². The third-order valence-electron chi connectivity index (χ3n) is 3.94. The summed E-state index contributed by atoms with van der Waals surface area (Å²) < 4.78 is 5.10. The molecule has 0 radical (unpaired) electrons. The van der Waals surface area contributed by atoms with E-state index in [0.29, 0.717) is 5.92 Å². The van der Waals surface area contributed by atoms with Gasteiger partial charge in [-0.15, -0.1) is 0 Å². The molecular formula is C13H23NO3. The van der Waals surface area contributed by atoms with Crippen LogP contribution < -0.4 is 5.32 Å². The first-order chi connectivity index (χ1) is 7.91. The second-order valence-corrected chi connectivity index (χ2v) is 5.01. The lowest BCUT2D eigenvalue weighted by atomic mass is 9.71. The van der Waals surface area contributed by atoms with Crippen molar-refractivity contribution in [3.63, 3.8) is 0 Å². The number of esters is 1. The molecule has 2 fully saturated rings. The minimum Gasteiger partial charge on any atom is -0.457 e. The SMILES string of the molecule is CC.CC(C)C(C)C12NC(=O)C(C)C1OC2=O. The van der Waals surface area contributed by atoms with Crippen LogP contribution in [0.2, 0.25) is 0 Å². The first-order valence-electron chi connectivity index (χ1n) is 6.44. The zero-order valence-electron chi connectivity index (χ0n) is 11.5. The molecule has 0 saturated carbocycles. The fourth-order valence-corrected chi connectivity index (χ4v) is 2.52. The fourth-order valence-electron chi connectivity index (χ4n) is 2.52. The monoisotopic (exact) mass is 241 g/mol. The van der Waals surface area contributed by atoms with Crippen molar-refractivity contribution in [1.82, 2.24) is 5.32 Å². The van der Waals surface area contributed by atoms with E-state index in [1.807, 2.05) is 20.8 Å². The topological polar surface area (TPSA) is 55.4 Å². The van der Waals surface area contributed by atoms with Crippen molar-refractivity contribution in [2.75, 3.05) is 0 Å². The van der Waals surface area contributed by atoms with Crippen molar-refractivity contribution in [2.45, 2.75) is 53.2 Å². The molecule has 0 aromatic carbocycles. The Hall–Kier alpha value is -1.06. The maximum absolute atomic E-state index is 11.6. The summed E-state index contributed by atoms with van der Waals surface area (Å²) in [6.45, 7) is 11.9. The average Bonchev–Trinajstić information content (AvgIpc) is 2.51. The molecule has 0 aromatic rings. The summed E-state index contributed by atoms with van der Waals surface area (Å²) in [5.41, 5.74) is -0.745. The molecule has 1 N–H and O–H groups in total. The van der Waals surface area contributed by atoms with Crippen LogP contribution in [0, 0.1) is 17.8 Å². The summed E-state index contributed by atoms with van der Waals surface area (Å²) in [6, 6.07) is 0. The van der Waals surface area contributed by atoms with Gasteiger partial charge in [0, 0.05) is 0 Å². The molecule has 98 valence electrons. The lowest BCUT2D eigenvalue weighted by Crippen LogP contribution is -2.71. The van der Waals surface area contributed by atoms with E-state index >= 15 is 0 Å². The van der Waals surface area contributed by atoms with Crippen LogP contribution in [-0.4, -0.2) is 23.5 Å². The lowest BCUT2D eigenvalue weighted by Gasteiger charge is -2.47. The average molecular weight is 241 g/mol. The lowest BCUT2D eigenvalue weighted by molar-refractivity contribution is -0.199. The molecule has 17 heavy (non-hydrogen) atoms. The van der Waals surface area contributed by atoms with E-state index in [-0.39, 0.29) is 29.8 Å². The summed E-state index contributed by atoms with van der Waals surface area (Å²) in [7, 11) is 0. The molecule has 4 nitrogen and oxygen atoms in total. The Balaban J connectivity index is 0.000000686. The van der Waals surface area contributed by atoms with Gasteiger partial charge in [0.25, 0.3) is 0 Å². The number of rotatable bonds is 2. The Kier molecular flexibility index (Phi) is 3.84. The normalized spacial score (nSPS) is 36.2. The summed E-state index contributed by atoms with van der Waals surface area (Å²) in [5.74, 6) is -0.114. The Labute approximate surface area is 103 Å². The molecule has 0 bridgehead atoms.